The highest BCUT2D eigenvalue weighted by Gasteiger charge is 2.23. The van der Waals surface area contributed by atoms with Gasteiger partial charge in [0.25, 0.3) is 5.91 Å². The Bertz CT molecular complexity index is 653. The maximum absolute atomic E-state index is 12.3. The molecule has 0 saturated carbocycles. The maximum Gasteiger partial charge on any atom is 0.260 e. The number of nitrogens with one attached hydrogen (secondary N) is 1. The molecule has 2 aromatic rings. The van der Waals surface area contributed by atoms with Gasteiger partial charge in [-0.3, -0.25) is 4.79 Å². The number of nitrogens with zero attached hydrogens (tertiary/aromatic N) is 1. The molecule has 1 aliphatic heterocycles. The first-order chi connectivity index (χ1) is 11.7. The van der Waals surface area contributed by atoms with E-state index in [-0.39, 0.29) is 12.5 Å². The van der Waals surface area contributed by atoms with Crippen LogP contribution < -0.4 is 9.64 Å². The summed E-state index contributed by atoms with van der Waals surface area (Å²) in [5.74, 6) is 0.788. The Labute approximate surface area is 151 Å². The maximum atomic E-state index is 12.3. The van der Waals surface area contributed by atoms with Crippen LogP contribution in [-0.4, -0.2) is 43.6 Å². The van der Waals surface area contributed by atoms with Crippen molar-refractivity contribution in [3.63, 3.8) is 0 Å². The van der Waals surface area contributed by atoms with Gasteiger partial charge in [0.2, 0.25) is 0 Å². The molecule has 1 amide bonds. The summed E-state index contributed by atoms with van der Waals surface area (Å²) in [5.41, 5.74) is 1.35. The lowest BCUT2D eigenvalue weighted by atomic mass is 10.2. The summed E-state index contributed by atoms with van der Waals surface area (Å²) in [5, 5.41) is 0. The van der Waals surface area contributed by atoms with E-state index >= 15 is 0 Å². The summed E-state index contributed by atoms with van der Waals surface area (Å²) < 4.78 is 6.58. The van der Waals surface area contributed by atoms with Crippen molar-refractivity contribution in [1.29, 1.82) is 0 Å². The van der Waals surface area contributed by atoms with Gasteiger partial charge in [-0.05, 0) is 24.3 Å². The Morgan fingerprint density at radius 1 is 1.04 bits per heavy atom. The Morgan fingerprint density at radius 3 is 2.38 bits per heavy atom. The van der Waals surface area contributed by atoms with E-state index in [1.165, 1.54) is 10.5 Å². The SMILES string of the molecule is O=C(COc1ccc(Br)cc1)N1CC[NH+](Cc2ccccc2)CC1. The van der Waals surface area contributed by atoms with E-state index in [0.29, 0.717) is 0 Å². The molecular weight excluding hydrogens is 368 g/mol. The molecule has 0 bridgehead atoms. The lowest BCUT2D eigenvalue weighted by molar-refractivity contribution is -0.917. The van der Waals surface area contributed by atoms with E-state index in [1.54, 1.807) is 0 Å². The minimum Gasteiger partial charge on any atom is -0.484 e. The van der Waals surface area contributed by atoms with Crippen LogP contribution in [-0.2, 0) is 11.3 Å². The Hall–Kier alpha value is -1.85. The molecule has 0 aromatic heterocycles. The third-order valence-electron chi connectivity index (χ3n) is 4.30. The summed E-state index contributed by atoms with van der Waals surface area (Å²) in [6.45, 7) is 4.70. The number of rotatable bonds is 5. The molecule has 4 nitrogen and oxygen atoms in total. The number of hydrogen-bond donors (Lipinski definition) is 1. The highest BCUT2D eigenvalue weighted by Crippen LogP contribution is 2.16. The van der Waals surface area contributed by atoms with Gasteiger partial charge in [0.15, 0.2) is 6.61 Å². The Morgan fingerprint density at radius 2 is 1.71 bits per heavy atom. The molecule has 0 radical (unpaired) electrons. The zero-order chi connectivity index (χ0) is 16.8. The predicted molar refractivity (Wildman–Crippen MR) is 97.1 cm³/mol. The lowest BCUT2D eigenvalue weighted by Gasteiger charge is -2.32. The molecule has 2 aromatic carbocycles. The summed E-state index contributed by atoms with van der Waals surface area (Å²) in [6.07, 6.45) is 0. The van der Waals surface area contributed by atoms with Crippen molar-refractivity contribution < 1.29 is 14.4 Å². The molecule has 3 rings (SSSR count). The van der Waals surface area contributed by atoms with Crippen LogP contribution in [0, 0.1) is 0 Å². The van der Waals surface area contributed by atoms with E-state index in [0.717, 1.165) is 42.9 Å². The van der Waals surface area contributed by atoms with Crippen molar-refractivity contribution in [2.75, 3.05) is 32.8 Å². The quantitative estimate of drug-likeness (QED) is 0.845. The molecule has 1 heterocycles. The van der Waals surface area contributed by atoms with Crippen LogP contribution in [0.2, 0.25) is 0 Å². The molecule has 0 atom stereocenters. The molecule has 1 saturated heterocycles. The van der Waals surface area contributed by atoms with Gasteiger partial charge in [-0.1, -0.05) is 46.3 Å². The molecule has 0 spiro atoms. The zero-order valence-corrected chi connectivity index (χ0v) is 15.2. The average Bonchev–Trinajstić information content (AvgIpc) is 2.62. The first-order valence-electron chi connectivity index (χ1n) is 8.24. The predicted octanol–water partition coefficient (Wildman–Crippen LogP) is 1.76. The van der Waals surface area contributed by atoms with Crippen LogP contribution in [0.15, 0.2) is 59.1 Å². The molecule has 0 unspecified atom stereocenters. The van der Waals surface area contributed by atoms with Crippen molar-refractivity contribution in [1.82, 2.24) is 4.90 Å². The first kappa shape index (κ1) is 17.0. The normalized spacial score (nSPS) is 15.3. The summed E-state index contributed by atoms with van der Waals surface area (Å²) in [7, 11) is 0. The standard InChI is InChI=1S/C19H21BrN2O2/c20-17-6-8-18(9-7-17)24-15-19(23)22-12-10-21(11-13-22)14-16-4-2-1-3-5-16/h1-9H,10-15H2/p+1. The molecule has 1 fully saturated rings. The van der Waals surface area contributed by atoms with E-state index in [4.69, 9.17) is 4.74 Å². The van der Waals surface area contributed by atoms with Crippen molar-refractivity contribution in [2.24, 2.45) is 0 Å². The topological polar surface area (TPSA) is 34.0 Å². The number of carbonyl (C=O) groups excluding carboxylic acids is 1. The third-order valence-corrected chi connectivity index (χ3v) is 4.82. The molecule has 126 valence electrons. The van der Waals surface area contributed by atoms with E-state index in [9.17, 15) is 4.79 Å². The van der Waals surface area contributed by atoms with Crippen LogP contribution in [0.4, 0.5) is 0 Å². The van der Waals surface area contributed by atoms with Gasteiger partial charge in [0.05, 0.1) is 26.2 Å². The fourth-order valence-corrected chi connectivity index (χ4v) is 3.17. The molecule has 5 heteroatoms. The van der Waals surface area contributed by atoms with Crippen molar-refractivity contribution >= 4 is 21.8 Å². The monoisotopic (exact) mass is 389 g/mol. The zero-order valence-electron chi connectivity index (χ0n) is 13.6. The van der Waals surface area contributed by atoms with Gasteiger partial charge in [0, 0.05) is 10.0 Å². The second kappa shape index (κ2) is 8.31. The highest BCUT2D eigenvalue weighted by molar-refractivity contribution is 9.10. The second-order valence-electron chi connectivity index (χ2n) is 6.04. The second-order valence-corrected chi connectivity index (χ2v) is 6.95. The number of quaternary nitrogens is 1. The smallest absolute Gasteiger partial charge is 0.260 e. The molecule has 1 N–H and O–H groups in total. The van der Waals surface area contributed by atoms with E-state index in [2.05, 4.69) is 40.2 Å². The van der Waals surface area contributed by atoms with Crippen molar-refractivity contribution in [2.45, 2.75) is 6.54 Å². The average molecular weight is 390 g/mol. The highest BCUT2D eigenvalue weighted by atomic mass is 79.9. The van der Waals surface area contributed by atoms with E-state index < -0.39 is 0 Å². The first-order valence-corrected chi connectivity index (χ1v) is 9.03. The van der Waals surface area contributed by atoms with Crippen LogP contribution in [0.3, 0.4) is 0 Å². The number of amides is 1. The number of piperazine rings is 1. The number of carbonyl (C=O) groups is 1. The van der Waals surface area contributed by atoms with Crippen LogP contribution in [0.1, 0.15) is 5.56 Å². The summed E-state index contributed by atoms with van der Waals surface area (Å²) >= 11 is 3.38. The van der Waals surface area contributed by atoms with Gasteiger partial charge < -0.3 is 14.5 Å². The van der Waals surface area contributed by atoms with Crippen LogP contribution in [0.25, 0.3) is 0 Å². The Balaban J connectivity index is 1.42. The number of benzene rings is 2. The van der Waals surface area contributed by atoms with Crippen molar-refractivity contribution in [3.8, 4) is 5.75 Å². The van der Waals surface area contributed by atoms with Gasteiger partial charge in [-0.25, -0.2) is 0 Å². The number of halogens is 1. The molecule has 1 aliphatic rings. The number of hydrogen-bond acceptors (Lipinski definition) is 2. The summed E-state index contributed by atoms with van der Waals surface area (Å²) in [4.78, 5) is 15.7. The largest absolute Gasteiger partial charge is 0.484 e. The van der Waals surface area contributed by atoms with Gasteiger partial charge >= 0.3 is 0 Å². The molecule has 0 aliphatic carbocycles. The number of ether oxygens (including phenoxy) is 1. The van der Waals surface area contributed by atoms with Gasteiger partial charge in [0.1, 0.15) is 12.3 Å². The molecular formula is C19H22BrN2O2+. The van der Waals surface area contributed by atoms with Gasteiger partial charge in [-0.15, -0.1) is 0 Å². The minimum atomic E-state index is 0.0664. The van der Waals surface area contributed by atoms with Crippen molar-refractivity contribution in [3.05, 3.63) is 64.6 Å². The fourth-order valence-electron chi connectivity index (χ4n) is 2.90. The van der Waals surface area contributed by atoms with Crippen LogP contribution in [0.5, 0.6) is 5.75 Å². The summed E-state index contributed by atoms with van der Waals surface area (Å²) in [6, 6.07) is 18.1. The molecule has 24 heavy (non-hydrogen) atoms. The minimum absolute atomic E-state index is 0.0664. The lowest BCUT2D eigenvalue weighted by Crippen LogP contribution is -3.13. The van der Waals surface area contributed by atoms with Crippen LogP contribution >= 0.6 is 15.9 Å². The van der Waals surface area contributed by atoms with Gasteiger partial charge in [-0.2, -0.15) is 0 Å². The Kier molecular flexibility index (Phi) is 5.88. The van der Waals surface area contributed by atoms with E-state index in [1.807, 2.05) is 35.2 Å². The third kappa shape index (κ3) is 4.82. The fraction of sp³-hybridized carbons (Fsp3) is 0.316.